The maximum absolute atomic E-state index is 5.09. The molecule has 150 valence electrons. The number of para-hydroxylation sites is 2. The summed E-state index contributed by atoms with van der Waals surface area (Å²) in [4.78, 5) is 12.1. The molecule has 0 bridgehead atoms. The highest BCUT2D eigenvalue weighted by Gasteiger charge is 2.12. The zero-order valence-corrected chi connectivity index (χ0v) is 19.7. The van der Waals surface area contributed by atoms with Gasteiger partial charge in [-0.2, -0.15) is 0 Å². The van der Waals surface area contributed by atoms with E-state index >= 15 is 0 Å². The monoisotopic (exact) mass is 494 g/mol. The normalized spacial score (nSPS) is 14.1. The smallest absolute Gasteiger partial charge is 0.187 e. The van der Waals surface area contributed by atoms with E-state index in [9.17, 15) is 0 Å². The molecular formula is C23H19BrN4S2. The fraction of sp³-hybridized carbons (Fsp3) is 0.130. The third-order valence-corrected chi connectivity index (χ3v) is 7.85. The average molecular weight is 495 g/mol. The molecule has 5 aromatic rings. The molecule has 7 heteroatoms. The zero-order valence-electron chi connectivity index (χ0n) is 16.5. The molecule has 2 aromatic heterocycles. The summed E-state index contributed by atoms with van der Waals surface area (Å²) in [7, 11) is 4.13. The van der Waals surface area contributed by atoms with E-state index in [2.05, 4.69) is 99.8 Å². The number of aromatic nitrogens is 2. The Hall–Kier alpha value is -2.48. The lowest BCUT2D eigenvalue weighted by Gasteiger charge is -2.08. The van der Waals surface area contributed by atoms with Gasteiger partial charge in [0.1, 0.15) is 0 Å². The Kier molecular flexibility index (Phi) is 5.18. The van der Waals surface area contributed by atoms with Crippen LogP contribution < -0.4 is 9.60 Å². The van der Waals surface area contributed by atoms with E-state index in [-0.39, 0.29) is 6.17 Å². The summed E-state index contributed by atoms with van der Waals surface area (Å²) in [6, 6.07) is 25.0. The summed E-state index contributed by atoms with van der Waals surface area (Å²) < 4.78 is 7.78. The van der Waals surface area contributed by atoms with Crippen LogP contribution in [0, 0.1) is 0 Å². The van der Waals surface area contributed by atoms with Crippen LogP contribution in [0.15, 0.2) is 87.3 Å². The molecule has 0 unspecified atom stereocenters. The number of hydrogen-bond donors (Lipinski definition) is 0. The van der Waals surface area contributed by atoms with Crippen LogP contribution in [0.1, 0.15) is 11.7 Å². The van der Waals surface area contributed by atoms with E-state index in [4.69, 9.17) is 9.98 Å². The molecule has 2 heterocycles. The second-order valence-electron chi connectivity index (χ2n) is 7.01. The van der Waals surface area contributed by atoms with Crippen molar-refractivity contribution < 1.29 is 0 Å². The van der Waals surface area contributed by atoms with Crippen molar-refractivity contribution in [2.45, 2.75) is 6.17 Å². The van der Waals surface area contributed by atoms with Crippen molar-refractivity contribution in [2.75, 3.05) is 0 Å². The first-order chi connectivity index (χ1) is 14.6. The lowest BCUT2D eigenvalue weighted by Crippen LogP contribution is -2.15. The van der Waals surface area contributed by atoms with Crippen LogP contribution >= 0.6 is 38.6 Å². The Labute approximate surface area is 190 Å². The number of halogens is 1. The van der Waals surface area contributed by atoms with Crippen molar-refractivity contribution in [3.05, 3.63) is 92.4 Å². The summed E-state index contributed by atoms with van der Waals surface area (Å²) in [5.74, 6) is 0. The maximum Gasteiger partial charge on any atom is 0.187 e. The van der Waals surface area contributed by atoms with Gasteiger partial charge in [0.2, 0.25) is 0 Å². The van der Waals surface area contributed by atoms with Gasteiger partial charge in [-0.05, 0) is 42.0 Å². The minimum Gasteiger partial charge on any atom is -0.320 e. The summed E-state index contributed by atoms with van der Waals surface area (Å²) >= 11 is 6.92. The number of aryl methyl sites for hydroxylation is 2. The first-order valence-corrected chi connectivity index (χ1v) is 11.9. The number of benzene rings is 3. The number of rotatable bonds is 3. The van der Waals surface area contributed by atoms with Crippen LogP contribution in [0.4, 0.5) is 0 Å². The van der Waals surface area contributed by atoms with E-state index in [1.54, 1.807) is 22.7 Å². The molecule has 30 heavy (non-hydrogen) atoms. The lowest BCUT2D eigenvalue weighted by molar-refractivity contribution is 0.693. The van der Waals surface area contributed by atoms with Gasteiger partial charge in [-0.15, -0.1) is 0 Å². The van der Waals surface area contributed by atoms with Crippen LogP contribution in [0.2, 0.25) is 0 Å². The Morgan fingerprint density at radius 2 is 1.17 bits per heavy atom. The van der Waals surface area contributed by atoms with Gasteiger partial charge in [0.05, 0.1) is 20.4 Å². The van der Waals surface area contributed by atoms with Gasteiger partial charge in [-0.25, -0.2) is 9.98 Å². The van der Waals surface area contributed by atoms with E-state index in [0.29, 0.717) is 0 Å². The van der Waals surface area contributed by atoms with Gasteiger partial charge in [0.25, 0.3) is 0 Å². The molecule has 0 spiro atoms. The maximum atomic E-state index is 5.09. The summed E-state index contributed by atoms with van der Waals surface area (Å²) in [6.07, 6.45) is -0.323. The Balaban J connectivity index is 1.74. The topological polar surface area (TPSA) is 34.6 Å². The minimum absolute atomic E-state index is 0.323. The molecule has 0 amide bonds. The molecule has 0 N–H and O–H groups in total. The van der Waals surface area contributed by atoms with Crippen molar-refractivity contribution in [2.24, 2.45) is 24.1 Å². The largest absolute Gasteiger partial charge is 0.320 e. The fourth-order valence-corrected chi connectivity index (χ4v) is 5.77. The number of hydrogen-bond acceptors (Lipinski definition) is 4. The number of nitrogens with zero attached hydrogens (tertiary/aromatic N) is 4. The Bertz CT molecular complexity index is 1390. The molecule has 0 fully saturated rings. The molecule has 0 saturated heterocycles. The highest BCUT2D eigenvalue weighted by Crippen LogP contribution is 2.23. The SMILES string of the molecule is Cn1/c(=N/C(/N=c2\sc3ccccc3n2C)c2ccc(Br)cc2)sc2ccccc21. The van der Waals surface area contributed by atoms with Crippen LogP contribution in [-0.2, 0) is 14.1 Å². The quantitative estimate of drug-likeness (QED) is 0.305. The molecule has 3 aromatic carbocycles. The highest BCUT2D eigenvalue weighted by atomic mass is 79.9. The van der Waals surface area contributed by atoms with Gasteiger partial charge in [-0.3, -0.25) is 0 Å². The average Bonchev–Trinajstić information content (AvgIpc) is 3.25. The van der Waals surface area contributed by atoms with Crippen molar-refractivity contribution >= 4 is 59.0 Å². The third-order valence-electron chi connectivity index (χ3n) is 5.06. The lowest BCUT2D eigenvalue weighted by atomic mass is 10.2. The summed E-state index contributed by atoms with van der Waals surface area (Å²) in [5, 5.41) is 0. The molecule has 5 rings (SSSR count). The van der Waals surface area contributed by atoms with E-state index in [1.807, 2.05) is 12.1 Å². The van der Waals surface area contributed by atoms with Crippen LogP contribution in [0.25, 0.3) is 20.4 Å². The second kappa shape index (κ2) is 7.98. The van der Waals surface area contributed by atoms with Gasteiger partial charge in [-0.1, -0.05) is 75.0 Å². The van der Waals surface area contributed by atoms with Gasteiger partial charge < -0.3 is 9.13 Å². The van der Waals surface area contributed by atoms with Gasteiger partial charge in [0, 0.05) is 18.6 Å². The predicted molar refractivity (Wildman–Crippen MR) is 130 cm³/mol. The number of fused-ring (bicyclic) bond motifs is 2. The molecule has 0 radical (unpaired) electrons. The molecule has 0 saturated carbocycles. The van der Waals surface area contributed by atoms with Crippen LogP contribution in [0.3, 0.4) is 0 Å². The van der Waals surface area contributed by atoms with Gasteiger partial charge >= 0.3 is 0 Å². The standard InChI is InChI=1S/C23H19BrN4S2/c1-27-17-7-3-5-9-19(17)29-22(27)25-21(15-11-13-16(24)14-12-15)26-23-28(2)18-8-4-6-10-20(18)30-23/h3-14,21H,1-2H3/b25-22-,26-23-. The summed E-state index contributed by atoms with van der Waals surface area (Å²) in [5.41, 5.74) is 3.43. The third kappa shape index (κ3) is 3.57. The van der Waals surface area contributed by atoms with Crippen LogP contribution in [0.5, 0.6) is 0 Å². The van der Waals surface area contributed by atoms with Crippen molar-refractivity contribution in [1.29, 1.82) is 0 Å². The Morgan fingerprint density at radius 3 is 1.63 bits per heavy atom. The molecule has 4 nitrogen and oxygen atoms in total. The highest BCUT2D eigenvalue weighted by molar-refractivity contribution is 9.10. The van der Waals surface area contributed by atoms with Crippen molar-refractivity contribution in [1.82, 2.24) is 9.13 Å². The molecule has 0 atom stereocenters. The summed E-state index contributed by atoms with van der Waals surface area (Å²) in [6.45, 7) is 0. The molecule has 0 aliphatic rings. The second-order valence-corrected chi connectivity index (χ2v) is 9.94. The molecule has 0 aliphatic heterocycles. The molecular weight excluding hydrogens is 476 g/mol. The number of thiazole rings is 2. The van der Waals surface area contributed by atoms with Crippen LogP contribution in [-0.4, -0.2) is 9.13 Å². The van der Waals surface area contributed by atoms with E-state index < -0.39 is 0 Å². The zero-order chi connectivity index (χ0) is 20.7. The molecule has 0 aliphatic carbocycles. The van der Waals surface area contributed by atoms with Crippen molar-refractivity contribution in [3.8, 4) is 0 Å². The first kappa shape index (κ1) is 19.5. The van der Waals surface area contributed by atoms with E-state index in [1.165, 1.54) is 20.4 Å². The minimum atomic E-state index is -0.323. The van der Waals surface area contributed by atoms with E-state index in [0.717, 1.165) is 19.6 Å². The Morgan fingerprint density at radius 1 is 0.700 bits per heavy atom. The first-order valence-electron chi connectivity index (χ1n) is 9.52. The van der Waals surface area contributed by atoms with Crippen molar-refractivity contribution in [3.63, 3.8) is 0 Å². The fourth-order valence-electron chi connectivity index (χ4n) is 3.43. The predicted octanol–water partition coefficient (Wildman–Crippen LogP) is 5.76. The van der Waals surface area contributed by atoms with Gasteiger partial charge in [0.15, 0.2) is 15.8 Å².